The Balaban J connectivity index is 1.39. The summed E-state index contributed by atoms with van der Waals surface area (Å²) in [5, 5.41) is 12.5. The van der Waals surface area contributed by atoms with Crippen LogP contribution >= 0.6 is 23.1 Å². The SMILES string of the molecule is O=C(Nc1nnc(SCc2ccccc2)s1)c1cc(-c2ccncc2)nc2ccccc12. The quantitative estimate of drug-likeness (QED) is 0.262. The number of hydrogen-bond acceptors (Lipinski definition) is 7. The third kappa shape index (κ3) is 4.51. The van der Waals surface area contributed by atoms with E-state index in [1.54, 1.807) is 30.2 Å². The van der Waals surface area contributed by atoms with Crippen LogP contribution in [0.5, 0.6) is 0 Å². The molecular formula is C24H17N5OS2. The zero-order valence-corrected chi connectivity index (χ0v) is 18.4. The van der Waals surface area contributed by atoms with Crippen LogP contribution in [0.1, 0.15) is 15.9 Å². The van der Waals surface area contributed by atoms with E-state index in [0.29, 0.717) is 16.4 Å². The minimum absolute atomic E-state index is 0.241. The molecule has 156 valence electrons. The van der Waals surface area contributed by atoms with E-state index in [0.717, 1.165) is 26.6 Å². The van der Waals surface area contributed by atoms with E-state index in [1.807, 2.05) is 54.6 Å². The second kappa shape index (κ2) is 9.25. The summed E-state index contributed by atoms with van der Waals surface area (Å²) in [4.78, 5) is 22.0. The fourth-order valence-electron chi connectivity index (χ4n) is 3.24. The Bertz CT molecular complexity index is 1370. The van der Waals surface area contributed by atoms with Crippen molar-refractivity contribution in [3.63, 3.8) is 0 Å². The van der Waals surface area contributed by atoms with Crippen molar-refractivity contribution < 1.29 is 4.79 Å². The van der Waals surface area contributed by atoms with E-state index >= 15 is 0 Å². The van der Waals surface area contributed by atoms with Crippen LogP contribution in [0.2, 0.25) is 0 Å². The number of anilines is 1. The molecular weight excluding hydrogens is 438 g/mol. The van der Waals surface area contributed by atoms with Crippen LogP contribution in [0.15, 0.2) is 89.5 Å². The Morgan fingerprint density at radius 2 is 1.72 bits per heavy atom. The monoisotopic (exact) mass is 455 g/mol. The van der Waals surface area contributed by atoms with Gasteiger partial charge in [-0.2, -0.15) is 0 Å². The first-order valence-electron chi connectivity index (χ1n) is 9.88. The second-order valence-corrected chi connectivity index (χ2v) is 9.11. The molecule has 3 heterocycles. The van der Waals surface area contributed by atoms with E-state index in [-0.39, 0.29) is 5.91 Å². The first-order chi connectivity index (χ1) is 15.8. The van der Waals surface area contributed by atoms with Crippen LogP contribution in [0, 0.1) is 0 Å². The number of fused-ring (bicyclic) bond motifs is 1. The van der Waals surface area contributed by atoms with Gasteiger partial charge in [0, 0.05) is 29.1 Å². The molecule has 0 aliphatic rings. The van der Waals surface area contributed by atoms with Crippen LogP contribution in [-0.4, -0.2) is 26.1 Å². The van der Waals surface area contributed by atoms with Crippen LogP contribution in [0.3, 0.4) is 0 Å². The number of amides is 1. The molecule has 32 heavy (non-hydrogen) atoms. The van der Waals surface area contributed by atoms with Crippen molar-refractivity contribution in [3.8, 4) is 11.3 Å². The van der Waals surface area contributed by atoms with Gasteiger partial charge in [-0.3, -0.25) is 15.1 Å². The summed E-state index contributed by atoms with van der Waals surface area (Å²) in [6.07, 6.45) is 3.42. The minimum Gasteiger partial charge on any atom is -0.296 e. The van der Waals surface area contributed by atoms with Gasteiger partial charge in [0.15, 0.2) is 4.34 Å². The van der Waals surface area contributed by atoms with E-state index in [4.69, 9.17) is 4.98 Å². The lowest BCUT2D eigenvalue weighted by Gasteiger charge is -2.09. The molecule has 0 aliphatic carbocycles. The topological polar surface area (TPSA) is 80.7 Å². The summed E-state index contributed by atoms with van der Waals surface area (Å²) in [6.45, 7) is 0. The number of nitrogens with one attached hydrogen (secondary N) is 1. The number of pyridine rings is 2. The van der Waals surface area contributed by atoms with E-state index in [2.05, 4.69) is 32.6 Å². The zero-order valence-electron chi connectivity index (χ0n) is 16.8. The zero-order chi connectivity index (χ0) is 21.8. The minimum atomic E-state index is -0.241. The maximum atomic E-state index is 13.2. The molecule has 2 aromatic carbocycles. The fraction of sp³-hybridized carbons (Fsp3) is 0.0417. The van der Waals surface area contributed by atoms with Gasteiger partial charge in [-0.15, -0.1) is 10.2 Å². The lowest BCUT2D eigenvalue weighted by Crippen LogP contribution is -2.13. The summed E-state index contributed by atoms with van der Waals surface area (Å²) >= 11 is 2.96. The first-order valence-corrected chi connectivity index (χ1v) is 11.7. The molecule has 0 radical (unpaired) electrons. The Morgan fingerprint density at radius 1 is 0.938 bits per heavy atom. The maximum absolute atomic E-state index is 13.2. The number of nitrogens with zero attached hydrogens (tertiary/aromatic N) is 4. The van der Waals surface area contributed by atoms with Gasteiger partial charge >= 0.3 is 0 Å². The smallest absolute Gasteiger partial charge is 0.258 e. The molecule has 3 aromatic heterocycles. The molecule has 1 N–H and O–H groups in total. The number of thioether (sulfide) groups is 1. The van der Waals surface area contributed by atoms with Gasteiger partial charge in [0.1, 0.15) is 0 Å². The number of carbonyl (C=O) groups excluding carboxylic acids is 1. The van der Waals surface area contributed by atoms with Crippen molar-refractivity contribution in [3.05, 3.63) is 96.3 Å². The average Bonchev–Trinajstić information content (AvgIpc) is 3.30. The normalized spacial score (nSPS) is 10.9. The lowest BCUT2D eigenvalue weighted by molar-refractivity contribution is 0.102. The summed E-state index contributed by atoms with van der Waals surface area (Å²) in [7, 11) is 0. The van der Waals surface area contributed by atoms with E-state index < -0.39 is 0 Å². The molecule has 0 aliphatic heterocycles. The standard InChI is InChI=1S/C24H17N5OS2/c30-22(27-23-28-29-24(32-23)31-15-16-6-2-1-3-7-16)19-14-21(17-10-12-25-13-11-17)26-20-9-5-4-8-18(19)20/h1-14H,15H2,(H,27,28,30). The van der Waals surface area contributed by atoms with Crippen molar-refractivity contribution in [1.82, 2.24) is 20.2 Å². The van der Waals surface area contributed by atoms with Crippen molar-refractivity contribution in [2.75, 3.05) is 5.32 Å². The summed E-state index contributed by atoms with van der Waals surface area (Å²) in [6, 6.07) is 23.3. The fourth-order valence-corrected chi connectivity index (χ4v) is 4.94. The molecule has 0 bridgehead atoms. The van der Waals surface area contributed by atoms with Crippen molar-refractivity contribution >= 4 is 45.0 Å². The number of aromatic nitrogens is 4. The van der Waals surface area contributed by atoms with Crippen LogP contribution in [-0.2, 0) is 5.75 Å². The van der Waals surface area contributed by atoms with Gasteiger partial charge in [-0.25, -0.2) is 4.98 Å². The summed E-state index contributed by atoms with van der Waals surface area (Å²) in [5.41, 5.74) is 4.12. The largest absolute Gasteiger partial charge is 0.296 e. The van der Waals surface area contributed by atoms with Crippen LogP contribution in [0.25, 0.3) is 22.2 Å². The molecule has 1 amide bonds. The summed E-state index contributed by atoms with van der Waals surface area (Å²) in [5.74, 6) is 0.558. The molecule has 0 fully saturated rings. The van der Waals surface area contributed by atoms with Crippen LogP contribution in [0.4, 0.5) is 5.13 Å². The molecule has 0 saturated carbocycles. The predicted molar refractivity (Wildman–Crippen MR) is 129 cm³/mol. The Kier molecular flexibility index (Phi) is 5.87. The average molecular weight is 456 g/mol. The number of hydrogen-bond donors (Lipinski definition) is 1. The highest BCUT2D eigenvalue weighted by Gasteiger charge is 2.16. The van der Waals surface area contributed by atoms with E-state index in [9.17, 15) is 4.79 Å². The first kappa shape index (κ1) is 20.3. The Hall–Kier alpha value is -3.62. The number of benzene rings is 2. The molecule has 0 spiro atoms. The Labute approximate surface area is 192 Å². The van der Waals surface area contributed by atoms with Gasteiger partial charge in [-0.1, -0.05) is 71.6 Å². The molecule has 5 rings (SSSR count). The highest BCUT2D eigenvalue weighted by molar-refractivity contribution is 8.00. The summed E-state index contributed by atoms with van der Waals surface area (Å²) < 4.78 is 0.807. The van der Waals surface area contributed by atoms with Crippen LogP contribution < -0.4 is 5.32 Å². The maximum Gasteiger partial charge on any atom is 0.258 e. The van der Waals surface area contributed by atoms with Gasteiger partial charge in [0.2, 0.25) is 5.13 Å². The third-order valence-electron chi connectivity index (χ3n) is 4.77. The lowest BCUT2D eigenvalue weighted by atomic mass is 10.0. The van der Waals surface area contributed by atoms with E-state index in [1.165, 1.54) is 16.9 Å². The predicted octanol–water partition coefficient (Wildman–Crippen LogP) is 5.69. The molecule has 6 nitrogen and oxygen atoms in total. The van der Waals surface area contributed by atoms with Crippen molar-refractivity contribution in [1.29, 1.82) is 0 Å². The molecule has 0 atom stereocenters. The highest BCUT2D eigenvalue weighted by Crippen LogP contribution is 2.30. The Morgan fingerprint density at radius 3 is 2.56 bits per heavy atom. The molecule has 8 heteroatoms. The van der Waals surface area contributed by atoms with Crippen molar-refractivity contribution in [2.24, 2.45) is 0 Å². The number of rotatable bonds is 6. The van der Waals surface area contributed by atoms with Crippen molar-refractivity contribution in [2.45, 2.75) is 10.1 Å². The van der Waals surface area contributed by atoms with Gasteiger partial charge in [-0.05, 0) is 29.8 Å². The molecule has 0 unspecified atom stereocenters. The highest BCUT2D eigenvalue weighted by atomic mass is 32.2. The second-order valence-electron chi connectivity index (χ2n) is 6.91. The third-order valence-corrected chi connectivity index (χ3v) is 6.81. The number of para-hydroxylation sites is 1. The molecule has 5 aromatic rings. The number of carbonyl (C=O) groups is 1. The van der Waals surface area contributed by atoms with Gasteiger partial charge in [0.25, 0.3) is 5.91 Å². The molecule has 0 saturated heterocycles. The van der Waals surface area contributed by atoms with Gasteiger partial charge < -0.3 is 0 Å². The van der Waals surface area contributed by atoms with Gasteiger partial charge in [0.05, 0.1) is 16.8 Å².